The Morgan fingerprint density at radius 1 is 1.33 bits per heavy atom. The van der Waals surface area contributed by atoms with E-state index >= 15 is 0 Å². The average Bonchev–Trinajstić information content (AvgIpc) is 2.26. The van der Waals surface area contributed by atoms with Gasteiger partial charge in [0.25, 0.3) is 0 Å². The van der Waals surface area contributed by atoms with Gasteiger partial charge in [-0.3, -0.25) is 4.79 Å². The van der Waals surface area contributed by atoms with Crippen molar-refractivity contribution in [3.8, 4) is 0 Å². The summed E-state index contributed by atoms with van der Waals surface area (Å²) >= 11 is 0. The van der Waals surface area contributed by atoms with E-state index in [9.17, 15) is 4.79 Å². The quantitative estimate of drug-likeness (QED) is 0.520. The number of rotatable bonds is 6. The molecule has 0 aromatic carbocycles. The van der Waals surface area contributed by atoms with Gasteiger partial charge in [-0.25, -0.2) is 0 Å². The van der Waals surface area contributed by atoms with Crippen molar-refractivity contribution in [1.29, 1.82) is 0 Å². The molecule has 1 aliphatic heterocycles. The number of nitrogens with one attached hydrogen (secondary N) is 1. The third-order valence-corrected chi connectivity index (χ3v) is 2.62. The Bertz CT molecular complexity index is 179. The molecule has 15 heavy (non-hydrogen) atoms. The third-order valence-electron chi connectivity index (χ3n) is 2.62. The predicted molar refractivity (Wildman–Crippen MR) is 59.8 cm³/mol. The van der Waals surface area contributed by atoms with Gasteiger partial charge >= 0.3 is 5.97 Å². The molecule has 4 heteroatoms. The number of hydrogen-bond donors (Lipinski definition) is 1. The van der Waals surface area contributed by atoms with Crippen molar-refractivity contribution < 1.29 is 9.53 Å². The van der Waals surface area contributed by atoms with Crippen LogP contribution in [0.15, 0.2) is 0 Å². The van der Waals surface area contributed by atoms with Gasteiger partial charge in [0.05, 0.1) is 6.61 Å². The molecule has 0 atom stereocenters. The van der Waals surface area contributed by atoms with Crippen molar-refractivity contribution in [2.24, 2.45) is 0 Å². The Kier molecular flexibility index (Phi) is 6.36. The molecule has 88 valence electrons. The molecule has 0 aromatic heterocycles. The van der Waals surface area contributed by atoms with Gasteiger partial charge in [0.1, 0.15) is 0 Å². The molecular formula is C11H22N2O2. The minimum atomic E-state index is -0.0576. The summed E-state index contributed by atoms with van der Waals surface area (Å²) in [7, 11) is 0. The second-order valence-corrected chi connectivity index (χ2v) is 3.85. The minimum Gasteiger partial charge on any atom is -0.466 e. The normalized spacial score (nSPS) is 17.7. The SMILES string of the molecule is CCOC(=O)CCCCN1CCNCC1. The predicted octanol–water partition coefficient (Wildman–Crippen LogP) is 0.625. The highest BCUT2D eigenvalue weighted by molar-refractivity contribution is 5.69. The van der Waals surface area contributed by atoms with Gasteiger partial charge < -0.3 is 15.0 Å². The lowest BCUT2D eigenvalue weighted by Gasteiger charge is -2.26. The fraction of sp³-hybridized carbons (Fsp3) is 0.909. The first-order valence-electron chi connectivity index (χ1n) is 5.91. The number of unbranched alkanes of at least 4 members (excludes halogenated alkanes) is 1. The van der Waals surface area contributed by atoms with E-state index in [0.29, 0.717) is 13.0 Å². The van der Waals surface area contributed by atoms with Gasteiger partial charge in [0.15, 0.2) is 0 Å². The van der Waals surface area contributed by atoms with E-state index in [2.05, 4.69) is 10.2 Å². The number of ether oxygens (including phenoxy) is 1. The number of esters is 1. The van der Waals surface area contributed by atoms with E-state index in [0.717, 1.165) is 45.6 Å². The van der Waals surface area contributed by atoms with Gasteiger partial charge in [0, 0.05) is 32.6 Å². The van der Waals surface area contributed by atoms with Crippen molar-refractivity contribution in [2.45, 2.75) is 26.2 Å². The highest BCUT2D eigenvalue weighted by atomic mass is 16.5. The van der Waals surface area contributed by atoms with Crippen LogP contribution < -0.4 is 5.32 Å². The van der Waals surface area contributed by atoms with Crippen molar-refractivity contribution in [2.75, 3.05) is 39.3 Å². The third kappa shape index (κ3) is 5.74. The van der Waals surface area contributed by atoms with E-state index in [1.165, 1.54) is 0 Å². The molecule has 0 amide bonds. The highest BCUT2D eigenvalue weighted by Crippen LogP contribution is 2.01. The van der Waals surface area contributed by atoms with E-state index in [1.54, 1.807) is 0 Å². The molecule has 0 unspecified atom stereocenters. The van der Waals surface area contributed by atoms with Crippen molar-refractivity contribution >= 4 is 5.97 Å². The van der Waals surface area contributed by atoms with Crippen LogP contribution in [0.3, 0.4) is 0 Å². The molecule has 0 radical (unpaired) electrons. The van der Waals surface area contributed by atoms with E-state index in [4.69, 9.17) is 4.74 Å². The highest BCUT2D eigenvalue weighted by Gasteiger charge is 2.08. The molecule has 1 rings (SSSR count). The number of nitrogens with zero attached hydrogens (tertiary/aromatic N) is 1. The molecule has 0 saturated carbocycles. The smallest absolute Gasteiger partial charge is 0.305 e. The van der Waals surface area contributed by atoms with Crippen LogP contribution in [0.4, 0.5) is 0 Å². The number of piperazine rings is 1. The van der Waals surface area contributed by atoms with Crippen LogP contribution >= 0.6 is 0 Å². The second-order valence-electron chi connectivity index (χ2n) is 3.85. The van der Waals surface area contributed by atoms with E-state index in [-0.39, 0.29) is 5.97 Å². The van der Waals surface area contributed by atoms with Gasteiger partial charge in [-0.15, -0.1) is 0 Å². The van der Waals surface area contributed by atoms with Gasteiger partial charge in [0.2, 0.25) is 0 Å². The van der Waals surface area contributed by atoms with E-state index in [1.807, 2.05) is 6.92 Å². The summed E-state index contributed by atoms with van der Waals surface area (Å²) in [6, 6.07) is 0. The van der Waals surface area contributed by atoms with E-state index < -0.39 is 0 Å². The van der Waals surface area contributed by atoms with Crippen molar-refractivity contribution in [3.05, 3.63) is 0 Å². The summed E-state index contributed by atoms with van der Waals surface area (Å²) in [6.45, 7) is 7.92. The number of carbonyl (C=O) groups is 1. The molecule has 0 bridgehead atoms. The first kappa shape index (κ1) is 12.5. The van der Waals surface area contributed by atoms with Crippen molar-refractivity contribution in [1.82, 2.24) is 10.2 Å². The maximum Gasteiger partial charge on any atom is 0.305 e. The molecular weight excluding hydrogens is 192 g/mol. The Hall–Kier alpha value is -0.610. The standard InChI is InChI=1S/C11H22N2O2/c1-2-15-11(14)5-3-4-8-13-9-6-12-7-10-13/h12H,2-10H2,1H3. The minimum absolute atomic E-state index is 0.0576. The second kappa shape index (κ2) is 7.65. The Balaban J connectivity index is 1.93. The molecule has 0 spiro atoms. The van der Waals surface area contributed by atoms with Crippen molar-refractivity contribution in [3.63, 3.8) is 0 Å². The average molecular weight is 214 g/mol. The molecule has 1 heterocycles. The first-order chi connectivity index (χ1) is 7.33. The summed E-state index contributed by atoms with van der Waals surface area (Å²) in [5.41, 5.74) is 0. The molecule has 4 nitrogen and oxygen atoms in total. The van der Waals surface area contributed by atoms with Crippen LogP contribution in [-0.4, -0.2) is 50.2 Å². The summed E-state index contributed by atoms with van der Waals surface area (Å²) in [6.07, 6.45) is 2.61. The Morgan fingerprint density at radius 3 is 2.73 bits per heavy atom. The van der Waals surface area contributed by atoms with Gasteiger partial charge in [-0.05, 0) is 26.3 Å². The fourth-order valence-corrected chi connectivity index (χ4v) is 1.77. The topological polar surface area (TPSA) is 41.6 Å². The van der Waals surface area contributed by atoms with Crippen LogP contribution in [0.5, 0.6) is 0 Å². The largest absolute Gasteiger partial charge is 0.466 e. The lowest BCUT2D eigenvalue weighted by molar-refractivity contribution is -0.143. The van der Waals surface area contributed by atoms with Crippen LogP contribution in [0.25, 0.3) is 0 Å². The zero-order chi connectivity index (χ0) is 10.9. The number of carbonyl (C=O) groups excluding carboxylic acids is 1. The maximum atomic E-state index is 11.0. The van der Waals surface area contributed by atoms with Crippen LogP contribution in [0.1, 0.15) is 26.2 Å². The summed E-state index contributed by atoms with van der Waals surface area (Å²) < 4.78 is 4.87. The molecule has 1 saturated heterocycles. The van der Waals surface area contributed by atoms with Gasteiger partial charge in [-0.1, -0.05) is 0 Å². The zero-order valence-corrected chi connectivity index (χ0v) is 9.63. The number of hydrogen-bond acceptors (Lipinski definition) is 4. The summed E-state index contributed by atoms with van der Waals surface area (Å²) in [5.74, 6) is -0.0576. The lowest BCUT2D eigenvalue weighted by Crippen LogP contribution is -2.43. The Morgan fingerprint density at radius 2 is 2.07 bits per heavy atom. The first-order valence-corrected chi connectivity index (χ1v) is 5.91. The Labute approximate surface area is 92.0 Å². The summed E-state index contributed by atoms with van der Waals surface area (Å²) in [5, 5.41) is 3.32. The zero-order valence-electron chi connectivity index (χ0n) is 9.63. The van der Waals surface area contributed by atoms with Crippen LogP contribution in [0.2, 0.25) is 0 Å². The van der Waals surface area contributed by atoms with Gasteiger partial charge in [-0.2, -0.15) is 0 Å². The van der Waals surface area contributed by atoms with Crippen LogP contribution in [-0.2, 0) is 9.53 Å². The van der Waals surface area contributed by atoms with Crippen LogP contribution in [0, 0.1) is 0 Å². The molecule has 0 aromatic rings. The molecule has 0 aliphatic carbocycles. The fourth-order valence-electron chi connectivity index (χ4n) is 1.77. The lowest BCUT2D eigenvalue weighted by atomic mass is 10.2. The molecule has 1 fully saturated rings. The maximum absolute atomic E-state index is 11.0. The molecule has 1 N–H and O–H groups in total. The monoisotopic (exact) mass is 214 g/mol. The molecule has 1 aliphatic rings. The summed E-state index contributed by atoms with van der Waals surface area (Å²) in [4.78, 5) is 13.5.